The van der Waals surface area contributed by atoms with E-state index < -0.39 is 0 Å². The summed E-state index contributed by atoms with van der Waals surface area (Å²) in [5, 5.41) is 0. The van der Waals surface area contributed by atoms with Gasteiger partial charge in [0.25, 0.3) is 0 Å². The van der Waals surface area contributed by atoms with Gasteiger partial charge in [0.05, 0.1) is 0 Å². The Morgan fingerprint density at radius 1 is 1.33 bits per heavy atom. The molecule has 9 heavy (non-hydrogen) atoms. The minimum Gasteiger partial charge on any atom is -0.346 e. The summed E-state index contributed by atoms with van der Waals surface area (Å²) in [6, 6.07) is 0. The molecule has 1 aromatic heterocycles. The zero-order chi connectivity index (χ0) is 7.28. The molecule has 0 spiro atoms. The SMILES string of the molecule is CC.Cc1cnc(C)[nH]1. The molecule has 2 nitrogen and oxygen atoms in total. The van der Waals surface area contributed by atoms with E-state index in [1.807, 2.05) is 33.9 Å². The van der Waals surface area contributed by atoms with Crippen molar-refractivity contribution in [2.45, 2.75) is 27.7 Å². The van der Waals surface area contributed by atoms with Crippen LogP contribution in [0.4, 0.5) is 0 Å². The van der Waals surface area contributed by atoms with Crippen LogP contribution < -0.4 is 0 Å². The number of imidazole rings is 1. The summed E-state index contributed by atoms with van der Waals surface area (Å²) in [5.74, 6) is 0.984. The van der Waals surface area contributed by atoms with Crippen molar-refractivity contribution in [1.82, 2.24) is 9.97 Å². The number of nitrogens with one attached hydrogen (secondary N) is 1. The number of aromatic amines is 1. The molecule has 1 rings (SSSR count). The summed E-state index contributed by atoms with van der Waals surface area (Å²) in [6.07, 6.45) is 1.81. The van der Waals surface area contributed by atoms with E-state index in [0.29, 0.717) is 0 Å². The third-order valence-electron chi connectivity index (χ3n) is 0.830. The second-order valence-corrected chi connectivity index (χ2v) is 1.65. The van der Waals surface area contributed by atoms with Gasteiger partial charge in [0, 0.05) is 11.9 Å². The van der Waals surface area contributed by atoms with Crippen molar-refractivity contribution in [1.29, 1.82) is 0 Å². The molecule has 0 saturated carbocycles. The van der Waals surface area contributed by atoms with Gasteiger partial charge in [0.15, 0.2) is 0 Å². The third kappa shape index (κ3) is 2.90. The fourth-order valence-electron chi connectivity index (χ4n) is 0.544. The predicted octanol–water partition coefficient (Wildman–Crippen LogP) is 2.05. The summed E-state index contributed by atoms with van der Waals surface area (Å²) in [6.45, 7) is 7.92. The normalized spacial score (nSPS) is 8.00. The van der Waals surface area contributed by atoms with Crippen molar-refractivity contribution in [3.63, 3.8) is 0 Å². The zero-order valence-corrected chi connectivity index (χ0v) is 6.52. The maximum atomic E-state index is 3.96. The summed E-state index contributed by atoms with van der Waals surface area (Å²) >= 11 is 0. The maximum Gasteiger partial charge on any atom is 0.103 e. The van der Waals surface area contributed by atoms with E-state index in [0.717, 1.165) is 11.5 Å². The lowest BCUT2D eigenvalue weighted by atomic mass is 10.6. The molecule has 0 fully saturated rings. The van der Waals surface area contributed by atoms with Crippen LogP contribution in [-0.4, -0.2) is 9.97 Å². The molecule has 52 valence electrons. The maximum absolute atomic E-state index is 3.96. The molecule has 0 aliphatic rings. The summed E-state index contributed by atoms with van der Waals surface area (Å²) in [5.41, 5.74) is 1.12. The minimum atomic E-state index is 0.984. The van der Waals surface area contributed by atoms with Gasteiger partial charge in [-0.2, -0.15) is 0 Å². The average molecular weight is 126 g/mol. The van der Waals surface area contributed by atoms with E-state index in [2.05, 4.69) is 9.97 Å². The van der Waals surface area contributed by atoms with E-state index in [1.54, 1.807) is 0 Å². The van der Waals surface area contributed by atoms with Gasteiger partial charge in [-0.05, 0) is 13.8 Å². The molecule has 0 radical (unpaired) electrons. The lowest BCUT2D eigenvalue weighted by molar-refractivity contribution is 1.13. The Morgan fingerprint density at radius 2 is 1.89 bits per heavy atom. The van der Waals surface area contributed by atoms with Gasteiger partial charge < -0.3 is 4.98 Å². The summed E-state index contributed by atoms with van der Waals surface area (Å²) < 4.78 is 0. The van der Waals surface area contributed by atoms with Crippen LogP contribution in [0.5, 0.6) is 0 Å². The van der Waals surface area contributed by atoms with Crippen LogP contribution >= 0.6 is 0 Å². The van der Waals surface area contributed by atoms with E-state index in [9.17, 15) is 0 Å². The van der Waals surface area contributed by atoms with E-state index in [4.69, 9.17) is 0 Å². The van der Waals surface area contributed by atoms with E-state index in [-0.39, 0.29) is 0 Å². The van der Waals surface area contributed by atoms with Crippen LogP contribution in [0.2, 0.25) is 0 Å². The van der Waals surface area contributed by atoms with Crippen LogP contribution in [0, 0.1) is 13.8 Å². The first-order valence-electron chi connectivity index (χ1n) is 3.27. The third-order valence-corrected chi connectivity index (χ3v) is 0.830. The first kappa shape index (κ1) is 8.21. The molecule has 1 heterocycles. The van der Waals surface area contributed by atoms with Gasteiger partial charge in [-0.1, -0.05) is 13.8 Å². The Hall–Kier alpha value is -0.790. The fraction of sp³-hybridized carbons (Fsp3) is 0.571. The van der Waals surface area contributed by atoms with Crippen molar-refractivity contribution in [3.05, 3.63) is 17.7 Å². The molecular weight excluding hydrogens is 112 g/mol. The molecule has 0 bridgehead atoms. The number of hydrogen-bond donors (Lipinski definition) is 1. The molecule has 0 atom stereocenters. The topological polar surface area (TPSA) is 28.7 Å². The van der Waals surface area contributed by atoms with Crippen molar-refractivity contribution in [3.8, 4) is 0 Å². The molecule has 0 aromatic carbocycles. The standard InChI is InChI=1S/C5H8N2.C2H6/c1-4-3-6-5(2)7-4;1-2/h3H,1-2H3,(H,6,7);1-2H3. The molecular formula is C7H14N2. The Bertz CT molecular complexity index is 139. The number of hydrogen-bond acceptors (Lipinski definition) is 1. The minimum absolute atomic E-state index is 0.984. The quantitative estimate of drug-likeness (QED) is 0.566. The van der Waals surface area contributed by atoms with Crippen molar-refractivity contribution >= 4 is 0 Å². The van der Waals surface area contributed by atoms with E-state index in [1.165, 1.54) is 0 Å². The number of aryl methyl sites for hydroxylation is 2. The monoisotopic (exact) mass is 126 g/mol. The zero-order valence-electron chi connectivity index (χ0n) is 6.52. The molecule has 1 aromatic rings. The van der Waals surface area contributed by atoms with Gasteiger partial charge in [0.2, 0.25) is 0 Å². The van der Waals surface area contributed by atoms with Crippen LogP contribution in [0.25, 0.3) is 0 Å². The number of aromatic nitrogens is 2. The van der Waals surface area contributed by atoms with Gasteiger partial charge in [0.1, 0.15) is 5.82 Å². The Balaban J connectivity index is 0.000000291. The molecule has 0 aliphatic carbocycles. The summed E-state index contributed by atoms with van der Waals surface area (Å²) in [7, 11) is 0. The highest BCUT2D eigenvalue weighted by atomic mass is 14.9. The lowest BCUT2D eigenvalue weighted by Gasteiger charge is -1.74. The molecule has 1 N–H and O–H groups in total. The molecule has 0 saturated heterocycles. The largest absolute Gasteiger partial charge is 0.346 e. The highest BCUT2D eigenvalue weighted by Gasteiger charge is 1.83. The van der Waals surface area contributed by atoms with Gasteiger partial charge >= 0.3 is 0 Å². The van der Waals surface area contributed by atoms with Crippen molar-refractivity contribution in [2.75, 3.05) is 0 Å². The van der Waals surface area contributed by atoms with Crippen LogP contribution in [0.3, 0.4) is 0 Å². The molecule has 0 aliphatic heterocycles. The predicted molar refractivity (Wildman–Crippen MR) is 39.4 cm³/mol. The fourth-order valence-corrected chi connectivity index (χ4v) is 0.544. The van der Waals surface area contributed by atoms with Crippen molar-refractivity contribution < 1.29 is 0 Å². The molecule has 0 unspecified atom stereocenters. The average Bonchev–Trinajstić information content (AvgIpc) is 2.20. The highest BCUT2D eigenvalue weighted by Crippen LogP contribution is 1.89. The van der Waals surface area contributed by atoms with Crippen LogP contribution in [0.1, 0.15) is 25.4 Å². The molecule has 2 heteroatoms. The second kappa shape index (κ2) is 4.13. The highest BCUT2D eigenvalue weighted by molar-refractivity contribution is 4.95. The smallest absolute Gasteiger partial charge is 0.103 e. The number of nitrogens with zero attached hydrogens (tertiary/aromatic N) is 1. The Labute approximate surface area is 56.3 Å². The van der Waals surface area contributed by atoms with Gasteiger partial charge in [-0.15, -0.1) is 0 Å². The molecule has 0 amide bonds. The summed E-state index contributed by atoms with van der Waals surface area (Å²) in [4.78, 5) is 6.99. The Kier molecular flexibility index (Phi) is 3.76. The van der Waals surface area contributed by atoms with E-state index >= 15 is 0 Å². The number of H-pyrrole nitrogens is 1. The lowest BCUT2D eigenvalue weighted by Crippen LogP contribution is -1.70. The van der Waals surface area contributed by atoms with Gasteiger partial charge in [-0.25, -0.2) is 4.98 Å². The van der Waals surface area contributed by atoms with Gasteiger partial charge in [-0.3, -0.25) is 0 Å². The van der Waals surface area contributed by atoms with Crippen LogP contribution in [0.15, 0.2) is 6.20 Å². The Morgan fingerprint density at radius 3 is 2.00 bits per heavy atom. The second-order valence-electron chi connectivity index (χ2n) is 1.65. The first-order chi connectivity index (χ1) is 4.29. The van der Waals surface area contributed by atoms with Crippen LogP contribution in [-0.2, 0) is 0 Å². The van der Waals surface area contributed by atoms with Crippen molar-refractivity contribution in [2.24, 2.45) is 0 Å². The first-order valence-corrected chi connectivity index (χ1v) is 3.27. The number of rotatable bonds is 0.